The molecule has 2 amide bonds. The molecule has 2 atom stereocenters. The van der Waals surface area contributed by atoms with Crippen molar-refractivity contribution in [3.63, 3.8) is 0 Å². The van der Waals surface area contributed by atoms with Crippen molar-refractivity contribution in [2.75, 3.05) is 6.54 Å². The molecular weight excluding hydrogens is 218 g/mol. The van der Waals surface area contributed by atoms with E-state index in [1.54, 1.807) is 0 Å². The number of carbonyl (C=O) groups excluding carboxylic acids is 2. The first-order valence-electron chi connectivity index (χ1n) is 6.18. The molecular formula is C12H23N3O2. The zero-order valence-corrected chi connectivity index (χ0v) is 10.9. The molecule has 2 unspecified atom stereocenters. The molecule has 4 N–H and O–H groups in total. The lowest BCUT2D eigenvalue weighted by Gasteiger charge is -2.32. The fourth-order valence-corrected chi connectivity index (χ4v) is 2.28. The Hall–Kier alpha value is -1.10. The van der Waals surface area contributed by atoms with Crippen molar-refractivity contribution in [3.05, 3.63) is 0 Å². The first-order chi connectivity index (χ1) is 7.86. The van der Waals surface area contributed by atoms with Crippen molar-refractivity contribution in [2.24, 2.45) is 11.7 Å². The average Bonchev–Trinajstić information content (AvgIpc) is 2.63. The first kappa shape index (κ1) is 14.0. The molecule has 0 radical (unpaired) electrons. The van der Waals surface area contributed by atoms with E-state index in [0.717, 1.165) is 6.42 Å². The van der Waals surface area contributed by atoms with Gasteiger partial charge < -0.3 is 16.4 Å². The van der Waals surface area contributed by atoms with E-state index in [0.29, 0.717) is 25.3 Å². The molecule has 1 aliphatic rings. The van der Waals surface area contributed by atoms with Crippen LogP contribution < -0.4 is 16.4 Å². The van der Waals surface area contributed by atoms with Crippen LogP contribution in [0, 0.1) is 5.92 Å². The van der Waals surface area contributed by atoms with Gasteiger partial charge in [-0.1, -0.05) is 13.8 Å². The van der Waals surface area contributed by atoms with Crippen molar-refractivity contribution in [1.29, 1.82) is 0 Å². The van der Waals surface area contributed by atoms with E-state index in [1.165, 1.54) is 0 Å². The van der Waals surface area contributed by atoms with Crippen molar-refractivity contribution < 1.29 is 9.59 Å². The molecule has 1 saturated heterocycles. The third kappa shape index (κ3) is 4.00. The third-order valence-electron chi connectivity index (χ3n) is 3.05. The van der Waals surface area contributed by atoms with Crippen LogP contribution in [0.1, 0.15) is 40.0 Å². The smallest absolute Gasteiger partial charge is 0.243 e. The Morgan fingerprint density at radius 1 is 1.65 bits per heavy atom. The van der Waals surface area contributed by atoms with Gasteiger partial charge in [0.1, 0.15) is 6.04 Å². The Balaban J connectivity index is 2.55. The van der Waals surface area contributed by atoms with Gasteiger partial charge in [-0.05, 0) is 25.7 Å². The summed E-state index contributed by atoms with van der Waals surface area (Å²) in [4.78, 5) is 23.0. The summed E-state index contributed by atoms with van der Waals surface area (Å²) in [5.41, 5.74) is 5.34. The van der Waals surface area contributed by atoms with Gasteiger partial charge in [0.25, 0.3) is 0 Å². The highest BCUT2D eigenvalue weighted by Gasteiger charge is 2.32. The molecule has 1 aliphatic heterocycles. The van der Waals surface area contributed by atoms with Crippen LogP contribution in [0.2, 0.25) is 0 Å². The quantitative estimate of drug-likeness (QED) is 0.640. The molecule has 0 bridgehead atoms. The molecule has 98 valence electrons. The van der Waals surface area contributed by atoms with E-state index in [-0.39, 0.29) is 17.9 Å². The Kier molecular flexibility index (Phi) is 4.51. The molecule has 5 heteroatoms. The Labute approximate surface area is 103 Å². The third-order valence-corrected chi connectivity index (χ3v) is 3.05. The minimum Gasteiger partial charge on any atom is -0.348 e. The van der Waals surface area contributed by atoms with E-state index in [4.69, 9.17) is 5.73 Å². The summed E-state index contributed by atoms with van der Waals surface area (Å²) in [5.74, 6) is 0.287. The number of nitrogens with one attached hydrogen (secondary N) is 2. The summed E-state index contributed by atoms with van der Waals surface area (Å²) in [7, 11) is 0. The number of nitrogens with two attached hydrogens (primary N) is 1. The monoisotopic (exact) mass is 241 g/mol. The second kappa shape index (κ2) is 5.49. The van der Waals surface area contributed by atoms with Gasteiger partial charge in [-0.15, -0.1) is 0 Å². The second-order valence-electron chi connectivity index (χ2n) is 5.51. The Morgan fingerprint density at radius 2 is 2.29 bits per heavy atom. The fourth-order valence-electron chi connectivity index (χ4n) is 2.28. The van der Waals surface area contributed by atoms with Gasteiger partial charge >= 0.3 is 0 Å². The van der Waals surface area contributed by atoms with Crippen LogP contribution in [-0.2, 0) is 9.59 Å². The van der Waals surface area contributed by atoms with Crippen molar-refractivity contribution >= 4 is 11.8 Å². The first-order valence-corrected chi connectivity index (χ1v) is 6.18. The molecule has 17 heavy (non-hydrogen) atoms. The van der Waals surface area contributed by atoms with Crippen LogP contribution in [0.5, 0.6) is 0 Å². The molecule has 0 spiro atoms. The lowest BCUT2D eigenvalue weighted by atomic mass is 9.90. The van der Waals surface area contributed by atoms with E-state index < -0.39 is 5.54 Å². The number of hydrogen-bond acceptors (Lipinski definition) is 3. The largest absolute Gasteiger partial charge is 0.348 e. The van der Waals surface area contributed by atoms with E-state index >= 15 is 0 Å². The predicted octanol–water partition coefficient (Wildman–Crippen LogP) is 0.145. The molecule has 0 aromatic heterocycles. The molecule has 0 aromatic carbocycles. The summed E-state index contributed by atoms with van der Waals surface area (Å²) in [5, 5.41) is 5.62. The Bertz CT molecular complexity index is 304. The molecule has 1 fully saturated rings. The van der Waals surface area contributed by atoms with E-state index in [2.05, 4.69) is 24.5 Å². The van der Waals surface area contributed by atoms with Crippen molar-refractivity contribution in [1.82, 2.24) is 10.6 Å². The van der Waals surface area contributed by atoms with Gasteiger partial charge in [-0.2, -0.15) is 0 Å². The number of hydrogen-bond donors (Lipinski definition) is 3. The Morgan fingerprint density at radius 3 is 2.71 bits per heavy atom. The van der Waals surface area contributed by atoms with Crippen LogP contribution in [0.15, 0.2) is 0 Å². The number of rotatable bonds is 5. The van der Waals surface area contributed by atoms with Gasteiger partial charge in [-0.25, -0.2) is 0 Å². The van der Waals surface area contributed by atoms with Gasteiger partial charge in [0.15, 0.2) is 0 Å². The predicted molar refractivity (Wildman–Crippen MR) is 66.2 cm³/mol. The molecule has 0 saturated carbocycles. The lowest BCUT2D eigenvalue weighted by molar-refractivity contribution is -0.127. The van der Waals surface area contributed by atoms with Crippen LogP contribution in [-0.4, -0.2) is 29.9 Å². The maximum atomic E-state index is 12.0. The standard InChI is InChI=1S/C12H23N3O2/c1-8(2)6-12(3,7-13)15-11(17)9-4-5-10(16)14-9/h8-9H,4-7,13H2,1-3H3,(H,14,16)(H,15,17). The summed E-state index contributed by atoms with van der Waals surface area (Å²) >= 11 is 0. The molecule has 1 rings (SSSR count). The van der Waals surface area contributed by atoms with Gasteiger partial charge in [0.2, 0.25) is 11.8 Å². The SMILES string of the molecule is CC(C)CC(C)(CN)NC(=O)C1CCC(=O)N1. The zero-order valence-electron chi connectivity index (χ0n) is 10.9. The topological polar surface area (TPSA) is 84.2 Å². The van der Waals surface area contributed by atoms with Crippen LogP contribution >= 0.6 is 0 Å². The van der Waals surface area contributed by atoms with Crippen LogP contribution in [0.25, 0.3) is 0 Å². The number of carbonyl (C=O) groups is 2. The van der Waals surface area contributed by atoms with Gasteiger partial charge in [-0.3, -0.25) is 9.59 Å². The fraction of sp³-hybridized carbons (Fsp3) is 0.833. The summed E-state index contributed by atoms with van der Waals surface area (Å²) in [6.07, 6.45) is 1.84. The van der Waals surface area contributed by atoms with Crippen LogP contribution in [0.3, 0.4) is 0 Å². The van der Waals surface area contributed by atoms with E-state index in [9.17, 15) is 9.59 Å². The van der Waals surface area contributed by atoms with E-state index in [1.807, 2.05) is 6.92 Å². The molecule has 0 aromatic rings. The normalized spacial score (nSPS) is 23.4. The highest BCUT2D eigenvalue weighted by Crippen LogP contribution is 2.16. The molecule has 5 nitrogen and oxygen atoms in total. The second-order valence-corrected chi connectivity index (χ2v) is 5.51. The van der Waals surface area contributed by atoms with Gasteiger partial charge in [0, 0.05) is 18.5 Å². The van der Waals surface area contributed by atoms with Gasteiger partial charge in [0.05, 0.1) is 0 Å². The summed E-state index contributed by atoms with van der Waals surface area (Å²) in [6.45, 7) is 6.54. The maximum absolute atomic E-state index is 12.0. The minimum atomic E-state index is -0.390. The highest BCUT2D eigenvalue weighted by atomic mass is 16.2. The van der Waals surface area contributed by atoms with Crippen molar-refractivity contribution in [2.45, 2.75) is 51.6 Å². The summed E-state index contributed by atoms with van der Waals surface area (Å²) < 4.78 is 0. The number of amides is 2. The summed E-state index contributed by atoms with van der Waals surface area (Å²) in [6, 6.07) is -0.388. The zero-order chi connectivity index (χ0) is 13.1. The van der Waals surface area contributed by atoms with Crippen molar-refractivity contribution in [3.8, 4) is 0 Å². The lowest BCUT2D eigenvalue weighted by Crippen LogP contribution is -2.56. The molecule has 0 aliphatic carbocycles. The average molecular weight is 241 g/mol. The highest BCUT2D eigenvalue weighted by molar-refractivity contribution is 5.91. The van der Waals surface area contributed by atoms with Crippen LogP contribution in [0.4, 0.5) is 0 Å². The molecule has 1 heterocycles. The maximum Gasteiger partial charge on any atom is 0.243 e. The minimum absolute atomic E-state index is 0.0524.